The first-order chi connectivity index (χ1) is 49.9. The van der Waals surface area contributed by atoms with Crippen molar-refractivity contribution in [3.63, 3.8) is 0 Å². The van der Waals surface area contributed by atoms with Crippen LogP contribution in [0.15, 0.2) is 12.2 Å². The Balaban J connectivity index is 1.23. The van der Waals surface area contributed by atoms with Crippen LogP contribution in [0.25, 0.3) is 0 Å². The molecule has 33 nitrogen and oxygen atoms in total. The van der Waals surface area contributed by atoms with E-state index in [9.17, 15) is 106 Å². The van der Waals surface area contributed by atoms with Crippen molar-refractivity contribution in [2.24, 2.45) is 0 Å². The fourth-order valence-electron chi connectivity index (χ4n) is 13.9. The van der Waals surface area contributed by atoms with Crippen LogP contribution in [0, 0.1) is 0 Å². The Hall–Kier alpha value is -2.93. The number of aliphatic hydroxyl groups excluding tert-OH is 17. The Bertz CT molecular complexity index is 2380. The van der Waals surface area contributed by atoms with Crippen molar-refractivity contribution in [1.82, 2.24) is 10.6 Å². The van der Waals surface area contributed by atoms with E-state index in [1.54, 1.807) is 6.08 Å². The van der Waals surface area contributed by atoms with Gasteiger partial charge in [-0.05, 0) is 19.3 Å². The average Bonchev–Trinajstić information content (AvgIpc) is 0.729. The summed E-state index contributed by atoms with van der Waals surface area (Å²) in [5.74, 6) is -6.53. The van der Waals surface area contributed by atoms with Crippen molar-refractivity contribution in [3.8, 4) is 0 Å². The molecule has 0 radical (unpaired) electrons. The lowest BCUT2D eigenvalue weighted by molar-refractivity contribution is -0.391. The molecule has 33 heteroatoms. The number of nitrogens with one attached hydrogen (secondary N) is 2. The number of rotatable bonds is 51. The standard InChI is InChI=1S/C71H128N2O31/c1-4-6-8-10-12-14-16-18-19-21-23-25-27-29-31-33-50(83)73-42(43(80)32-30-28-26-24-22-20-17-15-13-11-9-7-5-2)40-95-67-58(90)56(88)62(48(38-77)98-67)101-68-59(91)57(89)61(49(39-78)99-68)100-66-51(72-41(3)79)63(54(86)46(36-75)96-66)102-69-60(92)65(55(87)47(37-76)97-69)104-71(70(93)94)34-44(81)52(84)64(103-71)53(85)45(82)35-74/h30,32,42-49,51-69,74-78,80-82,84-92H,4-29,31,33-40H2,1-3H3,(H,72,79)(H,73,83)(H,93,94)/b32-30+/t42-,43+,44?,45+,46?,47?,48?,49?,51?,52+,53+,54-,55-,56+,57+,58?,59?,60?,61-,62+,63+,64?,65-,66-,67+,68-,69-,71-/m0/s1. The number of hydrogen-bond acceptors (Lipinski definition) is 30. The molecule has 608 valence electrons. The first kappa shape index (κ1) is 91.7. The second-order valence-electron chi connectivity index (χ2n) is 28.5. The van der Waals surface area contributed by atoms with Gasteiger partial charge in [0, 0.05) is 19.8 Å². The van der Waals surface area contributed by atoms with E-state index in [1.165, 1.54) is 109 Å². The molecule has 28 atom stereocenters. The third-order valence-corrected chi connectivity index (χ3v) is 20.2. The van der Waals surface area contributed by atoms with E-state index in [2.05, 4.69) is 24.5 Å². The molecule has 5 aliphatic heterocycles. The summed E-state index contributed by atoms with van der Waals surface area (Å²) in [4.78, 5) is 39.4. The minimum absolute atomic E-state index is 0.180. The normalized spacial score (nSPS) is 35.3. The minimum Gasteiger partial charge on any atom is -0.477 e. The fraction of sp³-hybridized carbons (Fsp3) is 0.930. The van der Waals surface area contributed by atoms with Crippen LogP contribution < -0.4 is 10.6 Å². The van der Waals surface area contributed by atoms with E-state index in [0.717, 1.165) is 58.3 Å². The summed E-state index contributed by atoms with van der Waals surface area (Å²) in [5, 5.41) is 203. The Labute approximate surface area is 610 Å². The first-order valence-corrected chi connectivity index (χ1v) is 38.1. The highest BCUT2D eigenvalue weighted by Gasteiger charge is 2.61. The van der Waals surface area contributed by atoms with Gasteiger partial charge in [-0.2, -0.15) is 0 Å². The second kappa shape index (κ2) is 48.7. The molecule has 0 aliphatic carbocycles. The van der Waals surface area contributed by atoms with Gasteiger partial charge < -0.3 is 150 Å². The Kier molecular flexibility index (Phi) is 42.9. The van der Waals surface area contributed by atoms with E-state index >= 15 is 0 Å². The third kappa shape index (κ3) is 27.8. The van der Waals surface area contributed by atoms with Crippen LogP contribution >= 0.6 is 0 Å². The van der Waals surface area contributed by atoms with Crippen LogP contribution in [0.2, 0.25) is 0 Å². The van der Waals surface area contributed by atoms with Gasteiger partial charge in [-0.1, -0.05) is 180 Å². The van der Waals surface area contributed by atoms with Crippen LogP contribution in [-0.4, -0.2) is 321 Å². The second-order valence-corrected chi connectivity index (χ2v) is 28.5. The highest BCUT2D eigenvalue weighted by molar-refractivity contribution is 5.76. The summed E-state index contributed by atoms with van der Waals surface area (Å²) in [5.41, 5.74) is 0. The lowest BCUT2D eigenvalue weighted by Gasteiger charge is -2.51. The molecule has 0 aromatic rings. The largest absolute Gasteiger partial charge is 0.477 e. The minimum atomic E-state index is -3.21. The summed E-state index contributed by atoms with van der Waals surface area (Å²) < 4.78 is 58.4. The van der Waals surface area contributed by atoms with Crippen LogP contribution in [-0.2, 0) is 61.8 Å². The smallest absolute Gasteiger partial charge is 0.364 e. The van der Waals surface area contributed by atoms with Gasteiger partial charge in [0.1, 0.15) is 122 Å². The summed E-state index contributed by atoms with van der Waals surface area (Å²) in [6.45, 7) is -0.334. The van der Waals surface area contributed by atoms with Gasteiger partial charge in [0.2, 0.25) is 11.8 Å². The topological polar surface area (TPSA) is 532 Å². The molecule has 5 rings (SSSR count). The number of carbonyl (C=O) groups is 3. The number of carboxylic acid groups (broad SMARTS) is 1. The lowest BCUT2D eigenvalue weighted by atomic mass is 9.90. The van der Waals surface area contributed by atoms with Crippen LogP contribution in [0.1, 0.15) is 207 Å². The lowest BCUT2D eigenvalue weighted by Crippen LogP contribution is -2.71. The zero-order valence-electron chi connectivity index (χ0n) is 60.8. The molecule has 5 fully saturated rings. The van der Waals surface area contributed by atoms with Gasteiger partial charge in [0.05, 0.1) is 57.9 Å². The fourth-order valence-corrected chi connectivity index (χ4v) is 13.9. The van der Waals surface area contributed by atoms with E-state index in [4.69, 9.17) is 47.4 Å². The van der Waals surface area contributed by atoms with Gasteiger partial charge in [-0.25, -0.2) is 4.79 Å². The van der Waals surface area contributed by atoms with E-state index in [1.807, 2.05) is 6.08 Å². The average molecular weight is 1510 g/mol. The van der Waals surface area contributed by atoms with E-state index < -0.39 is 229 Å². The molecule has 5 heterocycles. The molecule has 20 N–H and O–H groups in total. The number of unbranched alkanes of at least 4 members (excludes halogenated alkanes) is 25. The first-order valence-electron chi connectivity index (χ1n) is 38.1. The molecule has 0 aromatic heterocycles. The van der Waals surface area contributed by atoms with Crippen molar-refractivity contribution in [2.45, 2.75) is 378 Å². The monoisotopic (exact) mass is 1500 g/mol. The zero-order valence-corrected chi connectivity index (χ0v) is 60.8. The highest BCUT2D eigenvalue weighted by atomic mass is 16.8. The summed E-state index contributed by atoms with van der Waals surface area (Å²) in [7, 11) is 0. The highest BCUT2D eigenvalue weighted by Crippen LogP contribution is 2.40. The number of aliphatic hydroxyl groups is 17. The van der Waals surface area contributed by atoms with Gasteiger partial charge >= 0.3 is 5.97 Å². The van der Waals surface area contributed by atoms with Crippen molar-refractivity contribution in [1.29, 1.82) is 0 Å². The predicted octanol–water partition coefficient (Wildman–Crippen LogP) is -1.19. The number of carboxylic acids is 1. The molecule has 5 aliphatic rings. The number of aliphatic carboxylic acids is 1. The predicted molar refractivity (Wildman–Crippen MR) is 367 cm³/mol. The number of amides is 2. The van der Waals surface area contributed by atoms with Crippen molar-refractivity contribution in [3.05, 3.63) is 12.2 Å². The van der Waals surface area contributed by atoms with Crippen molar-refractivity contribution in [2.75, 3.05) is 39.6 Å². The Morgan fingerprint density at radius 2 is 0.923 bits per heavy atom. The van der Waals surface area contributed by atoms with E-state index in [0.29, 0.717) is 12.8 Å². The van der Waals surface area contributed by atoms with Crippen molar-refractivity contribution < 1.29 is 154 Å². The van der Waals surface area contributed by atoms with Crippen molar-refractivity contribution >= 4 is 17.8 Å². The molecule has 10 unspecified atom stereocenters. The molecule has 0 aromatic carbocycles. The van der Waals surface area contributed by atoms with Crippen LogP contribution in [0.5, 0.6) is 0 Å². The zero-order chi connectivity index (χ0) is 76.5. The maximum atomic E-state index is 13.5. The molecule has 2 amide bonds. The molecule has 5 saturated heterocycles. The quantitative estimate of drug-likeness (QED) is 0.0252. The molecular formula is C71H128N2O31. The van der Waals surface area contributed by atoms with Gasteiger partial charge in [0.25, 0.3) is 5.79 Å². The van der Waals surface area contributed by atoms with Crippen LogP contribution in [0.3, 0.4) is 0 Å². The SMILES string of the molecule is CCCCCCCCCCCCC/C=C/[C@@H](O)[C@H](CO[C@@H]1OC(CO)[C@@H](O[C@@H]2OC(CO)[C@H](O[C@@H]3OC(CO)[C@H](O)[C@H](O[C@@H]4OC(CO)[C@H](O)[C@H](O[C@]5(C(=O)O)CC(O)[C@@H](O)C([C@H](O)[C@H](O)CO)O5)C4O)C3NC(C)=O)[C@H](O)C2O)[C@H](O)C1O)NC(=O)CCCCCCCCCCCCCCCCC. The van der Waals surface area contributed by atoms with Gasteiger partial charge in [-0.3, -0.25) is 9.59 Å². The van der Waals surface area contributed by atoms with Crippen LogP contribution in [0.4, 0.5) is 0 Å². The van der Waals surface area contributed by atoms with Gasteiger partial charge in [0.15, 0.2) is 25.2 Å². The van der Waals surface area contributed by atoms with E-state index in [-0.39, 0.29) is 12.3 Å². The van der Waals surface area contributed by atoms with Gasteiger partial charge in [-0.15, -0.1) is 0 Å². The summed E-state index contributed by atoms with van der Waals surface area (Å²) >= 11 is 0. The maximum Gasteiger partial charge on any atom is 0.364 e. The number of ether oxygens (including phenoxy) is 10. The molecular weight excluding hydrogens is 1380 g/mol. The molecule has 104 heavy (non-hydrogen) atoms. The third-order valence-electron chi connectivity index (χ3n) is 20.2. The maximum absolute atomic E-state index is 13.5. The number of carbonyl (C=O) groups excluding carboxylic acids is 2. The molecule has 0 spiro atoms. The Morgan fingerprint density at radius 3 is 1.40 bits per heavy atom. The molecule has 0 saturated carbocycles. The Morgan fingerprint density at radius 1 is 0.500 bits per heavy atom. The summed E-state index contributed by atoms with van der Waals surface area (Å²) in [6, 6.07) is -2.91. The summed E-state index contributed by atoms with van der Waals surface area (Å²) in [6.07, 6.45) is -16.8. The number of allylic oxidation sites excluding steroid dienone is 1. The molecule has 0 bridgehead atoms. The number of hydrogen-bond donors (Lipinski definition) is 20.